The maximum atomic E-state index is 13.0. The Balaban J connectivity index is 1.22. The summed E-state index contributed by atoms with van der Waals surface area (Å²) in [5.74, 6) is 1.73. The van der Waals surface area contributed by atoms with Gasteiger partial charge in [0, 0.05) is 22.9 Å². The van der Waals surface area contributed by atoms with Crippen molar-refractivity contribution < 1.29 is 4.79 Å². The molecule has 0 bridgehead atoms. The van der Waals surface area contributed by atoms with Gasteiger partial charge in [-0.3, -0.25) is 9.69 Å². The smallest absolute Gasteiger partial charge is 0.233 e. The van der Waals surface area contributed by atoms with Gasteiger partial charge in [-0.15, -0.1) is 5.10 Å². The van der Waals surface area contributed by atoms with Crippen LogP contribution in [-0.4, -0.2) is 30.9 Å². The lowest BCUT2D eigenvalue weighted by atomic mass is 9.97. The number of benzene rings is 3. The highest BCUT2D eigenvalue weighted by Gasteiger charge is 2.30. The third kappa shape index (κ3) is 4.83. The molecule has 1 amide bonds. The van der Waals surface area contributed by atoms with Crippen LogP contribution in [0.5, 0.6) is 0 Å². The van der Waals surface area contributed by atoms with Crippen LogP contribution < -0.4 is 4.90 Å². The van der Waals surface area contributed by atoms with Gasteiger partial charge in [0.25, 0.3) is 0 Å². The topological polar surface area (TPSA) is 76.8 Å². The summed E-state index contributed by atoms with van der Waals surface area (Å²) in [5.41, 5.74) is 8.15. The van der Waals surface area contributed by atoms with Crippen LogP contribution in [0.25, 0.3) is 28.3 Å². The lowest BCUT2D eigenvalue weighted by molar-refractivity contribution is -0.117. The number of hydrogen-bond donors (Lipinski definition) is 0. The molecule has 3 heterocycles. The molecule has 0 atom stereocenters. The first-order valence-corrected chi connectivity index (χ1v) is 13.4. The van der Waals surface area contributed by atoms with Gasteiger partial charge in [-0.05, 0) is 41.2 Å². The SMILES string of the molecule is CCc1ccc(-c2cn(-c3ccc(CN4C(=O)Cc5cnc(-c6ccccc6C(C)C)nc54)cc3)nn2)cc1. The summed E-state index contributed by atoms with van der Waals surface area (Å²) < 4.78 is 1.77. The van der Waals surface area contributed by atoms with Crippen LogP contribution in [0.4, 0.5) is 5.82 Å². The summed E-state index contributed by atoms with van der Waals surface area (Å²) in [4.78, 5) is 24.2. The fourth-order valence-electron chi connectivity index (χ4n) is 5.00. The Labute approximate surface area is 228 Å². The van der Waals surface area contributed by atoms with Gasteiger partial charge in [-0.25, -0.2) is 14.6 Å². The van der Waals surface area contributed by atoms with E-state index in [0.29, 0.717) is 30.5 Å². The summed E-state index contributed by atoms with van der Waals surface area (Å²) >= 11 is 0. The minimum Gasteiger partial charge on any atom is -0.292 e. The molecule has 0 saturated heterocycles. The molecule has 194 valence electrons. The van der Waals surface area contributed by atoms with E-state index in [0.717, 1.165) is 40.1 Å². The molecule has 1 aliphatic rings. The van der Waals surface area contributed by atoms with Crippen LogP contribution in [0, 0.1) is 0 Å². The van der Waals surface area contributed by atoms with Gasteiger partial charge in [0.2, 0.25) is 5.91 Å². The van der Waals surface area contributed by atoms with Crippen molar-refractivity contribution in [3.63, 3.8) is 0 Å². The fourth-order valence-corrected chi connectivity index (χ4v) is 5.00. The second-order valence-electron chi connectivity index (χ2n) is 10.2. The van der Waals surface area contributed by atoms with Gasteiger partial charge in [0.05, 0.1) is 24.8 Å². The first-order chi connectivity index (χ1) is 19.0. The van der Waals surface area contributed by atoms with E-state index in [9.17, 15) is 4.79 Å². The number of nitrogens with zero attached hydrogens (tertiary/aromatic N) is 6. The number of hydrogen-bond acceptors (Lipinski definition) is 5. The number of aromatic nitrogens is 5. The Morgan fingerprint density at radius 3 is 2.41 bits per heavy atom. The highest BCUT2D eigenvalue weighted by molar-refractivity contribution is 6.00. The van der Waals surface area contributed by atoms with Crippen LogP contribution in [0.2, 0.25) is 0 Å². The number of carbonyl (C=O) groups excluding carboxylic acids is 1. The van der Waals surface area contributed by atoms with Gasteiger partial charge < -0.3 is 0 Å². The van der Waals surface area contributed by atoms with E-state index in [4.69, 9.17) is 4.98 Å². The van der Waals surface area contributed by atoms with Crippen LogP contribution >= 0.6 is 0 Å². The number of anilines is 1. The molecule has 6 rings (SSSR count). The molecule has 0 fully saturated rings. The molecule has 0 unspecified atom stereocenters. The molecule has 0 radical (unpaired) electrons. The monoisotopic (exact) mass is 514 g/mol. The highest BCUT2D eigenvalue weighted by Crippen LogP contribution is 2.32. The lowest BCUT2D eigenvalue weighted by Crippen LogP contribution is -2.26. The molecule has 3 aromatic carbocycles. The molecule has 0 N–H and O–H groups in total. The molecule has 39 heavy (non-hydrogen) atoms. The third-order valence-electron chi connectivity index (χ3n) is 7.26. The Morgan fingerprint density at radius 2 is 1.67 bits per heavy atom. The predicted octanol–water partition coefficient (Wildman–Crippen LogP) is 6.17. The molecule has 0 spiro atoms. The minimum absolute atomic E-state index is 0.0349. The normalized spacial score (nSPS) is 12.8. The number of amides is 1. The first kappa shape index (κ1) is 24.7. The molecular formula is C32H30N6O. The van der Waals surface area contributed by atoms with Crippen LogP contribution in [0.1, 0.15) is 48.9 Å². The maximum Gasteiger partial charge on any atom is 0.233 e. The molecule has 0 saturated carbocycles. The van der Waals surface area contributed by atoms with Crippen LogP contribution in [0.3, 0.4) is 0 Å². The van der Waals surface area contributed by atoms with Gasteiger partial charge in [0.1, 0.15) is 11.5 Å². The number of fused-ring (bicyclic) bond motifs is 1. The van der Waals surface area contributed by atoms with Gasteiger partial charge in [-0.2, -0.15) is 0 Å². The molecular weight excluding hydrogens is 484 g/mol. The number of carbonyl (C=O) groups is 1. The lowest BCUT2D eigenvalue weighted by Gasteiger charge is -2.18. The highest BCUT2D eigenvalue weighted by atomic mass is 16.2. The Bertz CT molecular complexity index is 1640. The summed E-state index contributed by atoms with van der Waals surface area (Å²) in [6.45, 7) is 6.91. The number of aryl methyl sites for hydroxylation is 1. The molecule has 7 nitrogen and oxygen atoms in total. The average molecular weight is 515 g/mol. The summed E-state index contributed by atoms with van der Waals surface area (Å²) in [7, 11) is 0. The van der Waals surface area contributed by atoms with E-state index in [1.165, 1.54) is 11.1 Å². The van der Waals surface area contributed by atoms with Crippen LogP contribution in [-0.2, 0) is 24.2 Å². The quantitative estimate of drug-likeness (QED) is 0.260. The van der Waals surface area contributed by atoms with Crippen LogP contribution in [0.15, 0.2) is 85.2 Å². The Kier molecular flexibility index (Phi) is 6.49. The molecule has 2 aromatic heterocycles. The van der Waals surface area contributed by atoms with Gasteiger partial charge in [-0.1, -0.05) is 86.6 Å². The largest absolute Gasteiger partial charge is 0.292 e. The molecule has 7 heteroatoms. The van der Waals surface area contributed by atoms with Crippen molar-refractivity contribution in [3.05, 3.63) is 107 Å². The van der Waals surface area contributed by atoms with E-state index in [2.05, 4.69) is 66.4 Å². The fraction of sp³-hybridized carbons (Fsp3) is 0.219. The minimum atomic E-state index is 0.0349. The summed E-state index contributed by atoms with van der Waals surface area (Å²) in [6, 6.07) is 24.7. The van der Waals surface area contributed by atoms with Crippen molar-refractivity contribution in [1.82, 2.24) is 25.0 Å². The second kappa shape index (κ2) is 10.3. The van der Waals surface area contributed by atoms with Gasteiger partial charge in [0.15, 0.2) is 5.82 Å². The zero-order chi connectivity index (χ0) is 26.9. The summed E-state index contributed by atoms with van der Waals surface area (Å²) in [6.07, 6.45) is 5.06. The van der Waals surface area contributed by atoms with Crippen molar-refractivity contribution in [2.75, 3.05) is 4.90 Å². The first-order valence-electron chi connectivity index (χ1n) is 13.4. The summed E-state index contributed by atoms with van der Waals surface area (Å²) in [5, 5.41) is 8.68. The Morgan fingerprint density at radius 1 is 0.923 bits per heavy atom. The van der Waals surface area contributed by atoms with E-state index >= 15 is 0 Å². The van der Waals surface area contributed by atoms with Crippen molar-refractivity contribution >= 4 is 11.7 Å². The predicted molar refractivity (Wildman–Crippen MR) is 153 cm³/mol. The number of rotatable bonds is 7. The zero-order valence-corrected chi connectivity index (χ0v) is 22.4. The van der Waals surface area contributed by atoms with Crippen molar-refractivity contribution in [2.24, 2.45) is 0 Å². The zero-order valence-electron chi connectivity index (χ0n) is 22.4. The molecule has 5 aromatic rings. The maximum absolute atomic E-state index is 13.0. The van der Waals surface area contributed by atoms with Crippen molar-refractivity contribution in [3.8, 4) is 28.3 Å². The van der Waals surface area contributed by atoms with Gasteiger partial charge >= 0.3 is 0 Å². The van der Waals surface area contributed by atoms with Crippen molar-refractivity contribution in [2.45, 2.75) is 46.1 Å². The van der Waals surface area contributed by atoms with E-state index in [-0.39, 0.29) is 5.91 Å². The average Bonchev–Trinajstić information content (AvgIpc) is 3.58. The molecule has 1 aliphatic heterocycles. The standard InChI is InChI=1S/C32H30N6O/c1-4-22-9-13-24(14-10-22)29-20-38(36-35-29)26-15-11-23(12-16-26)19-37-30(39)17-25-18-33-31(34-32(25)37)28-8-6-5-7-27(28)21(2)3/h5-16,18,20-21H,4,17,19H2,1-3H3. The van der Waals surface area contributed by atoms with E-state index in [1.54, 1.807) is 15.8 Å². The Hall–Kier alpha value is -4.65. The van der Waals surface area contributed by atoms with E-state index < -0.39 is 0 Å². The van der Waals surface area contributed by atoms with E-state index in [1.807, 2.05) is 48.7 Å². The second-order valence-corrected chi connectivity index (χ2v) is 10.2. The van der Waals surface area contributed by atoms with Crippen molar-refractivity contribution in [1.29, 1.82) is 0 Å². The third-order valence-corrected chi connectivity index (χ3v) is 7.26. The molecule has 0 aliphatic carbocycles.